The fourth-order valence-electron chi connectivity index (χ4n) is 2.06. The van der Waals surface area contributed by atoms with E-state index in [1.165, 1.54) is 5.56 Å². The second kappa shape index (κ2) is 7.95. The van der Waals surface area contributed by atoms with Crippen LogP contribution in [-0.4, -0.2) is 23.9 Å². The summed E-state index contributed by atoms with van der Waals surface area (Å²) < 4.78 is 0. The summed E-state index contributed by atoms with van der Waals surface area (Å²) in [6.07, 6.45) is 3.89. The number of nitrogens with zero attached hydrogens (tertiary/aromatic N) is 1. The quantitative estimate of drug-likeness (QED) is 0.821. The van der Waals surface area contributed by atoms with Gasteiger partial charge in [-0.1, -0.05) is 51.0 Å². The molecule has 0 heterocycles. The van der Waals surface area contributed by atoms with Gasteiger partial charge in [-0.05, 0) is 24.0 Å². The average Bonchev–Trinajstić information content (AvgIpc) is 2.44. The Balaban J connectivity index is 2.52. The van der Waals surface area contributed by atoms with Crippen molar-refractivity contribution in [2.75, 3.05) is 7.05 Å². The summed E-state index contributed by atoms with van der Waals surface area (Å²) >= 11 is 0. The van der Waals surface area contributed by atoms with Crippen molar-refractivity contribution < 1.29 is 4.79 Å². The summed E-state index contributed by atoms with van der Waals surface area (Å²) in [5.74, 6) is 0.0352. The second-order valence-electron chi connectivity index (χ2n) is 5.11. The number of likely N-dealkylation sites (N-methyl/N-ethyl adjacent to an activating group) is 1. The Labute approximate surface area is 116 Å². The van der Waals surface area contributed by atoms with E-state index in [0.717, 1.165) is 31.2 Å². The molecule has 3 heteroatoms. The lowest BCUT2D eigenvalue weighted by atomic mass is 10.1. The first-order chi connectivity index (χ1) is 9.08. The molecule has 1 rings (SSSR count). The number of carbonyl (C=O) groups is 1. The van der Waals surface area contributed by atoms with Gasteiger partial charge in [0.15, 0.2) is 0 Å². The third-order valence-corrected chi connectivity index (χ3v) is 3.41. The topological polar surface area (TPSA) is 46.3 Å². The Kier molecular flexibility index (Phi) is 6.57. The minimum Gasteiger partial charge on any atom is -0.340 e. The lowest BCUT2D eigenvalue weighted by molar-refractivity contribution is -0.132. The zero-order chi connectivity index (χ0) is 14.3. The van der Waals surface area contributed by atoms with Crippen LogP contribution >= 0.6 is 0 Å². The highest BCUT2D eigenvalue weighted by molar-refractivity contribution is 5.81. The number of amides is 1. The van der Waals surface area contributed by atoms with Crippen LogP contribution in [0.1, 0.15) is 44.2 Å². The number of benzene rings is 1. The van der Waals surface area contributed by atoms with E-state index < -0.39 is 0 Å². The molecule has 0 aliphatic rings. The molecule has 1 aromatic rings. The first-order valence-corrected chi connectivity index (χ1v) is 7.16. The molecule has 2 N–H and O–H groups in total. The van der Waals surface area contributed by atoms with Crippen LogP contribution in [0.5, 0.6) is 0 Å². The van der Waals surface area contributed by atoms with Crippen LogP contribution in [0.2, 0.25) is 0 Å². The SMILES string of the molecule is CCCCC(N)C(=O)N(C)Cc1ccc(CC)cc1. The molecule has 1 unspecified atom stereocenters. The van der Waals surface area contributed by atoms with E-state index in [1.807, 2.05) is 7.05 Å². The molecule has 0 aliphatic heterocycles. The molecule has 106 valence electrons. The van der Waals surface area contributed by atoms with E-state index >= 15 is 0 Å². The highest BCUT2D eigenvalue weighted by Crippen LogP contribution is 2.09. The maximum absolute atomic E-state index is 12.1. The summed E-state index contributed by atoms with van der Waals surface area (Å²) in [5.41, 5.74) is 8.38. The highest BCUT2D eigenvalue weighted by atomic mass is 16.2. The van der Waals surface area contributed by atoms with E-state index in [1.54, 1.807) is 4.90 Å². The Morgan fingerprint density at radius 2 is 1.79 bits per heavy atom. The Hall–Kier alpha value is -1.35. The van der Waals surface area contributed by atoms with Crippen LogP contribution in [0, 0.1) is 0 Å². The van der Waals surface area contributed by atoms with Crippen LogP contribution < -0.4 is 5.73 Å². The largest absolute Gasteiger partial charge is 0.340 e. The molecule has 1 aromatic carbocycles. The van der Waals surface area contributed by atoms with Crippen molar-refractivity contribution in [1.82, 2.24) is 4.90 Å². The number of hydrogen-bond acceptors (Lipinski definition) is 2. The van der Waals surface area contributed by atoms with Gasteiger partial charge in [-0.3, -0.25) is 4.79 Å². The number of rotatable bonds is 7. The number of aryl methyl sites for hydroxylation is 1. The van der Waals surface area contributed by atoms with Gasteiger partial charge < -0.3 is 10.6 Å². The standard InChI is InChI=1S/C16H26N2O/c1-4-6-7-15(17)16(19)18(3)12-14-10-8-13(5-2)9-11-14/h8-11,15H,4-7,12,17H2,1-3H3. The first kappa shape index (κ1) is 15.7. The van der Waals surface area contributed by atoms with E-state index in [0.29, 0.717) is 6.54 Å². The highest BCUT2D eigenvalue weighted by Gasteiger charge is 2.17. The second-order valence-corrected chi connectivity index (χ2v) is 5.11. The summed E-state index contributed by atoms with van der Waals surface area (Å²) in [7, 11) is 1.82. The maximum Gasteiger partial charge on any atom is 0.239 e. The Morgan fingerprint density at radius 1 is 1.21 bits per heavy atom. The molecule has 1 amide bonds. The van der Waals surface area contributed by atoms with Gasteiger partial charge in [-0.2, -0.15) is 0 Å². The molecule has 19 heavy (non-hydrogen) atoms. The maximum atomic E-state index is 12.1. The molecular formula is C16H26N2O. The number of hydrogen-bond donors (Lipinski definition) is 1. The van der Waals surface area contributed by atoms with Crippen LogP contribution in [0.25, 0.3) is 0 Å². The number of nitrogens with two attached hydrogens (primary N) is 1. The smallest absolute Gasteiger partial charge is 0.239 e. The molecule has 0 spiro atoms. The predicted molar refractivity (Wildman–Crippen MR) is 79.8 cm³/mol. The summed E-state index contributed by atoms with van der Waals surface area (Å²) in [6.45, 7) is 4.87. The summed E-state index contributed by atoms with van der Waals surface area (Å²) in [4.78, 5) is 13.8. The molecule has 0 aromatic heterocycles. The minimum atomic E-state index is -0.361. The first-order valence-electron chi connectivity index (χ1n) is 7.16. The van der Waals surface area contributed by atoms with Crippen LogP contribution in [0.15, 0.2) is 24.3 Å². The van der Waals surface area contributed by atoms with Crippen molar-refractivity contribution in [3.63, 3.8) is 0 Å². The predicted octanol–water partition coefficient (Wildman–Crippen LogP) is 2.72. The molecule has 0 saturated carbocycles. The van der Waals surface area contributed by atoms with Gasteiger partial charge in [0, 0.05) is 13.6 Å². The van der Waals surface area contributed by atoms with Crippen LogP contribution in [0.4, 0.5) is 0 Å². The van der Waals surface area contributed by atoms with E-state index in [9.17, 15) is 4.79 Å². The van der Waals surface area contributed by atoms with E-state index in [-0.39, 0.29) is 11.9 Å². The molecule has 0 aliphatic carbocycles. The fourth-order valence-corrected chi connectivity index (χ4v) is 2.06. The van der Waals surface area contributed by atoms with Gasteiger partial charge >= 0.3 is 0 Å². The monoisotopic (exact) mass is 262 g/mol. The molecule has 0 saturated heterocycles. The van der Waals surface area contributed by atoms with Crippen molar-refractivity contribution in [3.8, 4) is 0 Å². The zero-order valence-corrected chi connectivity index (χ0v) is 12.4. The van der Waals surface area contributed by atoms with Crippen molar-refractivity contribution >= 4 is 5.91 Å². The van der Waals surface area contributed by atoms with Crippen molar-refractivity contribution in [3.05, 3.63) is 35.4 Å². The number of unbranched alkanes of at least 4 members (excludes halogenated alkanes) is 1. The van der Waals surface area contributed by atoms with E-state index in [2.05, 4.69) is 38.1 Å². The molecule has 3 nitrogen and oxygen atoms in total. The van der Waals surface area contributed by atoms with Crippen molar-refractivity contribution in [2.24, 2.45) is 5.73 Å². The molecule has 1 atom stereocenters. The molecule has 0 fully saturated rings. The average molecular weight is 262 g/mol. The van der Waals surface area contributed by atoms with Crippen LogP contribution in [-0.2, 0) is 17.8 Å². The van der Waals surface area contributed by atoms with Gasteiger partial charge in [-0.15, -0.1) is 0 Å². The third kappa shape index (κ3) is 5.03. The van der Waals surface area contributed by atoms with E-state index in [4.69, 9.17) is 5.73 Å². The minimum absolute atomic E-state index is 0.0352. The van der Waals surface area contributed by atoms with Gasteiger partial charge in [0.2, 0.25) is 5.91 Å². The third-order valence-electron chi connectivity index (χ3n) is 3.41. The Bertz CT molecular complexity index is 386. The molecule has 0 bridgehead atoms. The lowest BCUT2D eigenvalue weighted by Crippen LogP contribution is -2.41. The van der Waals surface area contributed by atoms with Gasteiger partial charge in [-0.25, -0.2) is 0 Å². The summed E-state index contributed by atoms with van der Waals surface area (Å²) in [6, 6.07) is 8.04. The van der Waals surface area contributed by atoms with Gasteiger partial charge in [0.25, 0.3) is 0 Å². The molecular weight excluding hydrogens is 236 g/mol. The fraction of sp³-hybridized carbons (Fsp3) is 0.562. The van der Waals surface area contributed by atoms with Gasteiger partial charge in [0.05, 0.1) is 6.04 Å². The summed E-state index contributed by atoms with van der Waals surface area (Å²) in [5, 5.41) is 0. The lowest BCUT2D eigenvalue weighted by Gasteiger charge is -2.21. The Morgan fingerprint density at radius 3 is 2.32 bits per heavy atom. The number of carbonyl (C=O) groups excluding carboxylic acids is 1. The van der Waals surface area contributed by atoms with Crippen molar-refractivity contribution in [1.29, 1.82) is 0 Å². The van der Waals surface area contributed by atoms with Crippen LogP contribution in [0.3, 0.4) is 0 Å². The zero-order valence-electron chi connectivity index (χ0n) is 12.4. The normalized spacial score (nSPS) is 12.2. The molecule has 0 radical (unpaired) electrons. The van der Waals surface area contributed by atoms with Gasteiger partial charge in [0.1, 0.15) is 0 Å². The van der Waals surface area contributed by atoms with Crippen molar-refractivity contribution in [2.45, 2.75) is 52.1 Å².